The van der Waals surface area contributed by atoms with Crippen LogP contribution >= 0.6 is 0 Å². The zero-order valence-corrected chi connectivity index (χ0v) is 14.1. The number of anilines is 1. The summed E-state index contributed by atoms with van der Waals surface area (Å²) in [6.45, 7) is 4.19. The highest BCUT2D eigenvalue weighted by atomic mass is 19.4. The van der Waals surface area contributed by atoms with Gasteiger partial charge in [-0.2, -0.15) is 13.2 Å². The molecule has 1 aliphatic rings. The lowest BCUT2D eigenvalue weighted by Crippen LogP contribution is -3.13. The van der Waals surface area contributed by atoms with Gasteiger partial charge < -0.3 is 14.5 Å². The zero-order chi connectivity index (χ0) is 17.9. The SMILES string of the molecule is COc1cccc(C[NH+]2CCN(c3cccc(C(F)(F)F)c3)CC2)c1. The first-order valence-corrected chi connectivity index (χ1v) is 8.34. The minimum atomic E-state index is -4.30. The summed E-state index contributed by atoms with van der Waals surface area (Å²) in [5.41, 5.74) is 1.27. The van der Waals surface area contributed by atoms with Crippen molar-refractivity contribution in [2.45, 2.75) is 12.7 Å². The van der Waals surface area contributed by atoms with Crippen LogP contribution in [0.1, 0.15) is 11.1 Å². The molecule has 3 rings (SSSR count). The molecule has 1 N–H and O–H groups in total. The van der Waals surface area contributed by atoms with E-state index in [1.165, 1.54) is 22.6 Å². The first kappa shape index (κ1) is 17.6. The molecule has 134 valence electrons. The summed E-state index contributed by atoms with van der Waals surface area (Å²) in [6, 6.07) is 13.6. The van der Waals surface area contributed by atoms with E-state index in [2.05, 4.69) is 6.07 Å². The molecule has 3 nitrogen and oxygen atoms in total. The number of quaternary nitrogens is 1. The third-order valence-electron chi connectivity index (χ3n) is 4.60. The maximum absolute atomic E-state index is 12.9. The minimum absolute atomic E-state index is 0.587. The smallest absolute Gasteiger partial charge is 0.416 e. The summed E-state index contributed by atoms with van der Waals surface area (Å²) in [4.78, 5) is 3.46. The lowest BCUT2D eigenvalue weighted by Gasteiger charge is -2.34. The van der Waals surface area contributed by atoms with Gasteiger partial charge in [-0.3, -0.25) is 0 Å². The Morgan fingerprint density at radius 1 is 1.04 bits per heavy atom. The number of rotatable bonds is 4. The van der Waals surface area contributed by atoms with E-state index in [1.807, 2.05) is 23.1 Å². The average molecular weight is 351 g/mol. The van der Waals surface area contributed by atoms with Gasteiger partial charge in [0.15, 0.2) is 0 Å². The fourth-order valence-corrected chi connectivity index (χ4v) is 3.21. The van der Waals surface area contributed by atoms with E-state index in [-0.39, 0.29) is 0 Å². The van der Waals surface area contributed by atoms with Crippen molar-refractivity contribution in [1.82, 2.24) is 0 Å². The lowest BCUT2D eigenvalue weighted by atomic mass is 10.1. The van der Waals surface area contributed by atoms with E-state index in [4.69, 9.17) is 4.74 Å². The first-order valence-electron chi connectivity index (χ1n) is 8.34. The molecule has 0 spiro atoms. The normalized spacial score (nSPS) is 16.1. The molecular weight excluding hydrogens is 329 g/mol. The number of piperazine rings is 1. The van der Waals surface area contributed by atoms with Crippen LogP contribution in [0.4, 0.5) is 18.9 Å². The van der Waals surface area contributed by atoms with Crippen LogP contribution in [0.25, 0.3) is 0 Å². The Balaban J connectivity index is 1.60. The van der Waals surface area contributed by atoms with E-state index in [0.29, 0.717) is 5.69 Å². The van der Waals surface area contributed by atoms with Crippen LogP contribution in [0.5, 0.6) is 5.75 Å². The number of nitrogens with zero attached hydrogens (tertiary/aromatic N) is 1. The Bertz CT molecular complexity index is 710. The largest absolute Gasteiger partial charge is 0.497 e. The predicted molar refractivity (Wildman–Crippen MR) is 91.1 cm³/mol. The van der Waals surface area contributed by atoms with Crippen molar-refractivity contribution in [3.8, 4) is 5.75 Å². The van der Waals surface area contributed by atoms with Gasteiger partial charge in [0, 0.05) is 11.3 Å². The molecule has 0 bridgehead atoms. The quantitative estimate of drug-likeness (QED) is 0.912. The molecule has 1 aliphatic heterocycles. The van der Waals surface area contributed by atoms with Gasteiger partial charge in [0.2, 0.25) is 0 Å². The maximum atomic E-state index is 12.9. The molecule has 0 amide bonds. The van der Waals surface area contributed by atoms with Gasteiger partial charge >= 0.3 is 6.18 Å². The number of benzene rings is 2. The molecule has 1 saturated heterocycles. The number of nitrogens with one attached hydrogen (secondary N) is 1. The highest BCUT2D eigenvalue weighted by Gasteiger charge is 2.31. The first-order chi connectivity index (χ1) is 12.0. The molecule has 0 radical (unpaired) electrons. The Labute approximate surface area is 145 Å². The molecule has 6 heteroatoms. The third kappa shape index (κ3) is 4.45. The Morgan fingerprint density at radius 2 is 1.76 bits per heavy atom. The Hall–Kier alpha value is -2.21. The van der Waals surface area contributed by atoms with E-state index in [0.717, 1.165) is 44.5 Å². The summed E-state index contributed by atoms with van der Waals surface area (Å²) in [6.07, 6.45) is -4.30. The van der Waals surface area contributed by atoms with Crippen molar-refractivity contribution >= 4 is 5.69 Å². The number of hydrogen-bond donors (Lipinski definition) is 1. The second-order valence-corrected chi connectivity index (χ2v) is 6.31. The average Bonchev–Trinajstić information content (AvgIpc) is 2.62. The number of halogens is 3. The summed E-state index contributed by atoms with van der Waals surface area (Å²) in [5.74, 6) is 0.847. The molecule has 1 heterocycles. The highest BCUT2D eigenvalue weighted by Crippen LogP contribution is 2.31. The number of hydrogen-bond acceptors (Lipinski definition) is 2. The van der Waals surface area contributed by atoms with E-state index >= 15 is 0 Å². The van der Waals surface area contributed by atoms with Gasteiger partial charge in [-0.1, -0.05) is 18.2 Å². The number of alkyl halides is 3. The summed E-state index contributed by atoms with van der Waals surface area (Å²) in [7, 11) is 1.65. The van der Waals surface area contributed by atoms with Crippen LogP contribution in [-0.4, -0.2) is 33.3 Å². The van der Waals surface area contributed by atoms with Crippen LogP contribution in [0, 0.1) is 0 Å². The fourth-order valence-electron chi connectivity index (χ4n) is 3.21. The summed E-state index contributed by atoms with van der Waals surface area (Å²) in [5, 5.41) is 0. The van der Waals surface area contributed by atoms with Gasteiger partial charge in [0.25, 0.3) is 0 Å². The molecule has 2 aromatic rings. The van der Waals surface area contributed by atoms with Gasteiger partial charge in [-0.25, -0.2) is 0 Å². The van der Waals surface area contributed by atoms with Crippen molar-refractivity contribution in [1.29, 1.82) is 0 Å². The lowest BCUT2D eigenvalue weighted by molar-refractivity contribution is -0.914. The standard InChI is InChI=1S/C19H21F3N2O/c1-25-18-7-2-4-15(12-18)14-23-8-10-24(11-9-23)17-6-3-5-16(13-17)19(20,21)22/h2-7,12-13H,8-11,14H2,1H3/p+1. The zero-order valence-electron chi connectivity index (χ0n) is 14.1. The summed E-state index contributed by atoms with van der Waals surface area (Å²) < 4.78 is 43.9. The van der Waals surface area contributed by atoms with Crippen molar-refractivity contribution in [3.05, 3.63) is 59.7 Å². The maximum Gasteiger partial charge on any atom is 0.416 e. The van der Waals surface area contributed by atoms with Gasteiger partial charge in [0.05, 0.1) is 38.9 Å². The highest BCUT2D eigenvalue weighted by molar-refractivity contribution is 5.49. The van der Waals surface area contributed by atoms with Crippen LogP contribution in [0.2, 0.25) is 0 Å². The Morgan fingerprint density at radius 3 is 2.44 bits per heavy atom. The van der Waals surface area contributed by atoms with E-state index < -0.39 is 11.7 Å². The topological polar surface area (TPSA) is 16.9 Å². The van der Waals surface area contributed by atoms with Crippen molar-refractivity contribution in [3.63, 3.8) is 0 Å². The van der Waals surface area contributed by atoms with Crippen LogP contribution in [0.15, 0.2) is 48.5 Å². The van der Waals surface area contributed by atoms with Crippen molar-refractivity contribution < 1.29 is 22.8 Å². The Kier molecular flexibility index (Phi) is 5.18. The molecule has 0 unspecified atom stereocenters. The fraction of sp³-hybridized carbons (Fsp3) is 0.368. The minimum Gasteiger partial charge on any atom is -0.497 e. The molecule has 0 aromatic heterocycles. The third-order valence-corrected chi connectivity index (χ3v) is 4.60. The van der Waals surface area contributed by atoms with E-state index in [1.54, 1.807) is 13.2 Å². The second kappa shape index (κ2) is 7.35. The van der Waals surface area contributed by atoms with E-state index in [9.17, 15) is 13.2 Å². The van der Waals surface area contributed by atoms with Crippen LogP contribution in [-0.2, 0) is 12.7 Å². The molecule has 0 atom stereocenters. The molecule has 0 aliphatic carbocycles. The van der Waals surface area contributed by atoms with Gasteiger partial charge in [0.1, 0.15) is 12.3 Å². The molecule has 0 saturated carbocycles. The van der Waals surface area contributed by atoms with Crippen LogP contribution in [0.3, 0.4) is 0 Å². The predicted octanol–water partition coefficient (Wildman–Crippen LogP) is 2.62. The van der Waals surface area contributed by atoms with Crippen molar-refractivity contribution in [2.75, 3.05) is 38.2 Å². The van der Waals surface area contributed by atoms with Crippen molar-refractivity contribution in [2.24, 2.45) is 0 Å². The van der Waals surface area contributed by atoms with Crippen LogP contribution < -0.4 is 14.5 Å². The number of ether oxygens (including phenoxy) is 1. The monoisotopic (exact) mass is 351 g/mol. The molecule has 25 heavy (non-hydrogen) atoms. The molecule has 1 fully saturated rings. The molecule has 2 aromatic carbocycles. The van der Waals surface area contributed by atoms with Gasteiger partial charge in [-0.05, 0) is 30.3 Å². The van der Waals surface area contributed by atoms with Gasteiger partial charge in [-0.15, -0.1) is 0 Å². The summed E-state index contributed by atoms with van der Waals surface area (Å²) >= 11 is 0. The second-order valence-electron chi connectivity index (χ2n) is 6.31. The number of methoxy groups -OCH3 is 1. The molecular formula is C19H22F3N2O+.